The first-order valence-electron chi connectivity index (χ1n) is 10.2. The Bertz CT molecular complexity index is 1110. The summed E-state index contributed by atoms with van der Waals surface area (Å²) in [6, 6.07) is 1.58. The van der Waals surface area contributed by atoms with Crippen LogP contribution in [0, 0.1) is 6.92 Å². The van der Waals surface area contributed by atoms with Crippen LogP contribution in [0.2, 0.25) is 0 Å². The summed E-state index contributed by atoms with van der Waals surface area (Å²) in [5.41, 5.74) is 0.987. The fraction of sp³-hybridized carbons (Fsp3) is 0.579. The Morgan fingerprint density at radius 2 is 2.10 bits per heavy atom. The van der Waals surface area contributed by atoms with Crippen molar-refractivity contribution in [3.63, 3.8) is 0 Å². The zero-order chi connectivity index (χ0) is 22.6. The highest BCUT2D eigenvalue weighted by molar-refractivity contribution is 7.92. The second kappa shape index (κ2) is 9.63. The summed E-state index contributed by atoms with van der Waals surface area (Å²) < 4.78 is 53.6. The Labute approximate surface area is 183 Å². The van der Waals surface area contributed by atoms with Crippen molar-refractivity contribution in [3.8, 4) is 0 Å². The number of aliphatic hydroxyl groups excluding tert-OH is 1. The van der Waals surface area contributed by atoms with E-state index in [0.29, 0.717) is 36.3 Å². The van der Waals surface area contributed by atoms with Gasteiger partial charge in [0.2, 0.25) is 10.0 Å². The lowest BCUT2D eigenvalue weighted by molar-refractivity contribution is 0.182. The van der Waals surface area contributed by atoms with E-state index in [1.807, 2.05) is 6.92 Å². The van der Waals surface area contributed by atoms with Crippen LogP contribution in [-0.4, -0.2) is 60.8 Å². The number of sulfonamides is 1. The third kappa shape index (κ3) is 5.82. The zero-order valence-corrected chi connectivity index (χ0v) is 19.3. The van der Waals surface area contributed by atoms with E-state index in [2.05, 4.69) is 20.1 Å². The molecule has 0 bridgehead atoms. The molecule has 0 amide bonds. The first kappa shape index (κ1) is 23.6. The maximum absolute atomic E-state index is 12.7. The van der Waals surface area contributed by atoms with Gasteiger partial charge >= 0.3 is 0 Å². The van der Waals surface area contributed by atoms with E-state index in [1.54, 1.807) is 23.9 Å². The van der Waals surface area contributed by atoms with Gasteiger partial charge in [-0.25, -0.2) is 26.5 Å². The van der Waals surface area contributed by atoms with E-state index in [1.165, 1.54) is 12.4 Å². The molecule has 172 valence electrons. The van der Waals surface area contributed by atoms with Crippen molar-refractivity contribution >= 4 is 25.7 Å². The van der Waals surface area contributed by atoms with E-state index in [4.69, 9.17) is 0 Å². The number of anilines is 1. The molecule has 2 unspecified atom stereocenters. The summed E-state index contributed by atoms with van der Waals surface area (Å²) in [5, 5.41) is 16.9. The highest BCUT2D eigenvalue weighted by atomic mass is 32.2. The van der Waals surface area contributed by atoms with Gasteiger partial charge in [-0.2, -0.15) is 5.10 Å². The molecule has 2 aromatic heterocycles. The number of nitrogens with zero attached hydrogens (tertiary/aromatic N) is 3. The van der Waals surface area contributed by atoms with Crippen molar-refractivity contribution in [2.75, 3.05) is 24.2 Å². The number of rotatable bonds is 9. The van der Waals surface area contributed by atoms with Crippen LogP contribution < -0.4 is 10.0 Å². The van der Waals surface area contributed by atoms with E-state index in [-0.39, 0.29) is 23.7 Å². The van der Waals surface area contributed by atoms with E-state index in [9.17, 15) is 21.9 Å². The molecule has 3 N–H and O–H groups in total. The summed E-state index contributed by atoms with van der Waals surface area (Å²) in [7, 11) is -6.99. The Morgan fingerprint density at radius 3 is 2.74 bits per heavy atom. The monoisotopic (exact) mass is 471 g/mol. The molecule has 3 rings (SSSR count). The molecule has 1 aliphatic rings. The number of hydrogen-bond donors (Lipinski definition) is 3. The normalized spacial score (nSPS) is 19.8. The Balaban J connectivity index is 1.62. The quantitative estimate of drug-likeness (QED) is 0.491. The lowest BCUT2D eigenvalue weighted by Gasteiger charge is -2.22. The van der Waals surface area contributed by atoms with Crippen LogP contribution in [0.4, 0.5) is 5.82 Å². The third-order valence-electron chi connectivity index (χ3n) is 5.40. The second-order valence-electron chi connectivity index (χ2n) is 7.70. The van der Waals surface area contributed by atoms with E-state index < -0.39 is 31.2 Å². The number of sulfone groups is 1. The molecule has 0 radical (unpaired) electrons. The molecule has 0 saturated carbocycles. The van der Waals surface area contributed by atoms with Gasteiger partial charge in [0, 0.05) is 37.6 Å². The molecule has 2 atom stereocenters. The van der Waals surface area contributed by atoms with Crippen molar-refractivity contribution in [3.05, 3.63) is 35.8 Å². The smallest absolute Gasteiger partial charge is 0.242 e. The van der Waals surface area contributed by atoms with Crippen molar-refractivity contribution in [2.24, 2.45) is 0 Å². The molecule has 3 heterocycles. The van der Waals surface area contributed by atoms with Gasteiger partial charge in [-0.3, -0.25) is 4.68 Å². The number of nitrogens with one attached hydrogen (secondary N) is 2. The third-order valence-corrected chi connectivity index (χ3v) is 9.23. The minimum atomic E-state index is -3.89. The Kier molecular flexibility index (Phi) is 7.35. The van der Waals surface area contributed by atoms with Crippen LogP contribution in [0.15, 0.2) is 29.6 Å². The van der Waals surface area contributed by atoms with Crippen LogP contribution in [0.1, 0.15) is 43.4 Å². The van der Waals surface area contributed by atoms with Gasteiger partial charge in [0.1, 0.15) is 10.7 Å². The van der Waals surface area contributed by atoms with Crippen molar-refractivity contribution < 1.29 is 21.9 Å². The molecule has 0 aliphatic carbocycles. The number of aryl methyl sites for hydroxylation is 2. The number of hydrogen-bond acceptors (Lipinski definition) is 8. The number of aromatic nitrogens is 3. The van der Waals surface area contributed by atoms with E-state index >= 15 is 0 Å². The van der Waals surface area contributed by atoms with E-state index in [0.717, 1.165) is 6.42 Å². The largest absolute Gasteiger partial charge is 0.387 e. The predicted molar refractivity (Wildman–Crippen MR) is 117 cm³/mol. The predicted octanol–water partition coefficient (Wildman–Crippen LogP) is 0.998. The summed E-state index contributed by atoms with van der Waals surface area (Å²) in [6.07, 6.45) is 5.57. The van der Waals surface area contributed by atoms with Gasteiger partial charge in [-0.1, -0.05) is 6.42 Å². The fourth-order valence-corrected chi connectivity index (χ4v) is 6.51. The van der Waals surface area contributed by atoms with Gasteiger partial charge in [0.25, 0.3) is 0 Å². The molecular formula is C19H29N5O5S2. The molecule has 31 heavy (non-hydrogen) atoms. The van der Waals surface area contributed by atoms with Crippen LogP contribution in [0.3, 0.4) is 0 Å². The van der Waals surface area contributed by atoms with Gasteiger partial charge in [-0.15, -0.1) is 0 Å². The topological polar surface area (TPSA) is 143 Å². The first-order valence-corrected chi connectivity index (χ1v) is 13.4. The van der Waals surface area contributed by atoms with Gasteiger partial charge in [0.15, 0.2) is 9.84 Å². The summed E-state index contributed by atoms with van der Waals surface area (Å²) in [5.74, 6) is 0.629. The lowest BCUT2D eigenvalue weighted by Crippen LogP contribution is -2.34. The molecule has 0 aromatic carbocycles. The first-order chi connectivity index (χ1) is 14.6. The molecule has 1 aliphatic heterocycles. The summed E-state index contributed by atoms with van der Waals surface area (Å²) >= 11 is 0. The average molecular weight is 472 g/mol. The minimum absolute atomic E-state index is 0.000193. The van der Waals surface area contributed by atoms with Crippen LogP contribution >= 0.6 is 0 Å². The molecule has 12 heteroatoms. The molecule has 1 saturated heterocycles. The van der Waals surface area contributed by atoms with Crippen LogP contribution in [-0.2, 0) is 26.4 Å². The SMILES string of the molecule is CCn1cc(C(O)CNS(=O)(=O)c2cnc(NCC3CCCCS3(=O)=O)cc2C)cn1. The molecule has 10 nitrogen and oxygen atoms in total. The van der Waals surface area contributed by atoms with Gasteiger partial charge in [-0.05, 0) is 38.3 Å². The molecule has 0 spiro atoms. The molecule has 1 fully saturated rings. The average Bonchev–Trinajstić information content (AvgIpc) is 3.20. The van der Waals surface area contributed by atoms with Gasteiger partial charge in [0.05, 0.1) is 23.3 Å². The maximum Gasteiger partial charge on any atom is 0.242 e. The highest BCUT2D eigenvalue weighted by Crippen LogP contribution is 2.22. The maximum atomic E-state index is 12.7. The number of pyridine rings is 1. The fourth-order valence-electron chi connectivity index (χ4n) is 3.50. The summed E-state index contributed by atoms with van der Waals surface area (Å²) in [4.78, 5) is 4.14. The van der Waals surface area contributed by atoms with Gasteiger partial charge < -0.3 is 10.4 Å². The van der Waals surface area contributed by atoms with Crippen LogP contribution in [0.5, 0.6) is 0 Å². The zero-order valence-electron chi connectivity index (χ0n) is 17.7. The highest BCUT2D eigenvalue weighted by Gasteiger charge is 2.28. The van der Waals surface area contributed by atoms with Crippen molar-refractivity contribution in [1.29, 1.82) is 0 Å². The lowest BCUT2D eigenvalue weighted by atomic mass is 10.2. The Hall–Kier alpha value is -2.02. The molecule has 2 aromatic rings. The standard InChI is InChI=1S/C19H29N5O5S2/c1-3-24-13-15(9-22-24)17(25)11-23-31(28,29)18-12-21-19(8-14(18)2)20-10-16-6-4-5-7-30(16,26)27/h8-9,12-13,16-17,23,25H,3-7,10-11H2,1-2H3,(H,20,21). The Morgan fingerprint density at radius 1 is 1.32 bits per heavy atom. The van der Waals surface area contributed by atoms with Crippen molar-refractivity contribution in [2.45, 2.75) is 55.9 Å². The second-order valence-corrected chi connectivity index (χ2v) is 11.8. The minimum Gasteiger partial charge on any atom is -0.387 e. The van der Waals surface area contributed by atoms with Crippen molar-refractivity contribution in [1.82, 2.24) is 19.5 Å². The molecular weight excluding hydrogens is 442 g/mol. The number of aliphatic hydroxyl groups is 1. The van der Waals surface area contributed by atoms with Crippen LogP contribution in [0.25, 0.3) is 0 Å². The summed E-state index contributed by atoms with van der Waals surface area (Å²) in [6.45, 7) is 4.25.